The lowest BCUT2D eigenvalue weighted by molar-refractivity contribution is 0.245. The fourth-order valence-electron chi connectivity index (χ4n) is 0.615. The second-order valence-electron chi connectivity index (χ2n) is 1.92. The summed E-state index contributed by atoms with van der Waals surface area (Å²) in [5.41, 5.74) is 0. The standard InChI is InChI=1S/C7H8N4O/c1-8-2-3-10-7(12)11-5-4-9-6-11/h2-6H,1H2,(H,10,12)/b3-2-. The van der Waals surface area contributed by atoms with Crippen molar-refractivity contribution in [2.45, 2.75) is 0 Å². The molecule has 0 bridgehead atoms. The number of nitrogens with one attached hydrogen (secondary N) is 1. The number of carbonyl (C=O) groups is 1. The highest BCUT2D eigenvalue weighted by Crippen LogP contribution is 1.84. The number of aliphatic imine (C=N–C) groups is 1. The third kappa shape index (κ3) is 2.05. The Morgan fingerprint density at radius 1 is 1.75 bits per heavy atom. The van der Waals surface area contributed by atoms with Crippen LogP contribution in [-0.4, -0.2) is 22.3 Å². The SMILES string of the molecule is C=N/C=C\NC(=O)n1ccnc1. The molecule has 1 amide bonds. The maximum absolute atomic E-state index is 11.1. The van der Waals surface area contributed by atoms with Gasteiger partial charge in [-0.2, -0.15) is 0 Å². The fraction of sp³-hybridized carbons (Fsp3) is 0. The maximum atomic E-state index is 11.1. The number of amides is 1. The van der Waals surface area contributed by atoms with E-state index in [0.29, 0.717) is 0 Å². The quantitative estimate of drug-likeness (QED) is 0.651. The van der Waals surface area contributed by atoms with Crippen molar-refractivity contribution in [3.63, 3.8) is 0 Å². The summed E-state index contributed by atoms with van der Waals surface area (Å²) < 4.78 is 1.31. The monoisotopic (exact) mass is 164 g/mol. The Bertz CT molecular complexity index is 288. The molecule has 0 unspecified atom stereocenters. The summed E-state index contributed by atoms with van der Waals surface area (Å²) in [6.45, 7) is 3.21. The number of aromatic nitrogens is 2. The molecule has 1 aromatic heterocycles. The van der Waals surface area contributed by atoms with Gasteiger partial charge in [-0.05, 0) is 6.72 Å². The molecule has 0 saturated heterocycles. The van der Waals surface area contributed by atoms with Gasteiger partial charge < -0.3 is 5.32 Å². The van der Waals surface area contributed by atoms with E-state index in [2.05, 4.69) is 22.0 Å². The molecule has 5 heteroatoms. The van der Waals surface area contributed by atoms with Gasteiger partial charge in [0.05, 0.1) is 0 Å². The lowest BCUT2D eigenvalue weighted by atomic mass is 10.8. The average molecular weight is 164 g/mol. The summed E-state index contributed by atoms with van der Waals surface area (Å²) in [5, 5.41) is 2.46. The molecule has 1 aromatic rings. The van der Waals surface area contributed by atoms with Gasteiger partial charge >= 0.3 is 6.03 Å². The third-order valence-corrected chi connectivity index (χ3v) is 1.13. The molecular weight excluding hydrogens is 156 g/mol. The minimum Gasteiger partial charge on any atom is -0.312 e. The third-order valence-electron chi connectivity index (χ3n) is 1.13. The molecule has 0 aromatic carbocycles. The van der Waals surface area contributed by atoms with E-state index in [9.17, 15) is 4.79 Å². The van der Waals surface area contributed by atoms with Crippen molar-refractivity contribution >= 4 is 12.7 Å². The first-order chi connectivity index (χ1) is 5.84. The van der Waals surface area contributed by atoms with Gasteiger partial charge in [0, 0.05) is 24.8 Å². The van der Waals surface area contributed by atoms with Gasteiger partial charge in [0.2, 0.25) is 0 Å². The minimum atomic E-state index is -0.285. The Morgan fingerprint density at radius 3 is 3.17 bits per heavy atom. The highest BCUT2D eigenvalue weighted by atomic mass is 16.2. The Kier molecular flexibility index (Phi) is 2.78. The summed E-state index contributed by atoms with van der Waals surface area (Å²) in [7, 11) is 0. The predicted octanol–water partition coefficient (Wildman–Crippen LogP) is 0.613. The molecule has 62 valence electrons. The molecule has 1 rings (SSSR count). The zero-order valence-electron chi connectivity index (χ0n) is 6.34. The smallest absolute Gasteiger partial charge is 0.312 e. The van der Waals surface area contributed by atoms with Gasteiger partial charge in [0.25, 0.3) is 0 Å². The molecule has 0 aliphatic rings. The van der Waals surface area contributed by atoms with E-state index in [-0.39, 0.29) is 6.03 Å². The van der Waals surface area contributed by atoms with Crippen LogP contribution in [0.5, 0.6) is 0 Å². The van der Waals surface area contributed by atoms with Crippen molar-refractivity contribution in [3.8, 4) is 0 Å². The zero-order chi connectivity index (χ0) is 8.81. The molecule has 5 nitrogen and oxygen atoms in total. The highest BCUT2D eigenvalue weighted by molar-refractivity contribution is 5.77. The van der Waals surface area contributed by atoms with Crippen molar-refractivity contribution < 1.29 is 4.79 Å². The average Bonchev–Trinajstić information content (AvgIpc) is 2.56. The lowest BCUT2D eigenvalue weighted by Crippen LogP contribution is -2.22. The van der Waals surface area contributed by atoms with Crippen molar-refractivity contribution in [1.82, 2.24) is 14.9 Å². The number of nitrogens with zero attached hydrogens (tertiary/aromatic N) is 3. The van der Waals surface area contributed by atoms with Crippen molar-refractivity contribution in [3.05, 3.63) is 31.1 Å². The van der Waals surface area contributed by atoms with Crippen molar-refractivity contribution in [2.75, 3.05) is 0 Å². The normalized spacial score (nSPS) is 10.0. The Morgan fingerprint density at radius 2 is 2.58 bits per heavy atom. The van der Waals surface area contributed by atoms with E-state index < -0.39 is 0 Å². The van der Waals surface area contributed by atoms with Crippen LogP contribution >= 0.6 is 0 Å². The molecule has 0 saturated carbocycles. The Hall–Kier alpha value is -1.91. The van der Waals surface area contributed by atoms with Gasteiger partial charge in [-0.3, -0.25) is 9.56 Å². The van der Waals surface area contributed by atoms with E-state index in [1.165, 1.54) is 29.5 Å². The van der Waals surface area contributed by atoms with E-state index >= 15 is 0 Å². The van der Waals surface area contributed by atoms with E-state index in [1.807, 2.05) is 0 Å². The molecule has 0 aliphatic heterocycles. The van der Waals surface area contributed by atoms with Crippen LogP contribution in [0.1, 0.15) is 0 Å². The van der Waals surface area contributed by atoms with Crippen molar-refractivity contribution in [1.29, 1.82) is 0 Å². The van der Waals surface area contributed by atoms with Crippen LogP contribution in [0.3, 0.4) is 0 Å². The van der Waals surface area contributed by atoms with Crippen LogP contribution in [0.25, 0.3) is 0 Å². The van der Waals surface area contributed by atoms with Gasteiger partial charge in [-0.25, -0.2) is 9.78 Å². The largest absolute Gasteiger partial charge is 0.330 e. The van der Waals surface area contributed by atoms with Crippen LogP contribution < -0.4 is 5.32 Å². The molecule has 0 radical (unpaired) electrons. The second kappa shape index (κ2) is 4.07. The second-order valence-corrected chi connectivity index (χ2v) is 1.92. The van der Waals surface area contributed by atoms with Gasteiger partial charge in [0.15, 0.2) is 0 Å². The molecular formula is C7H8N4O. The summed E-state index contributed by atoms with van der Waals surface area (Å²) in [5.74, 6) is 0. The topological polar surface area (TPSA) is 59.3 Å². The van der Waals surface area contributed by atoms with Crippen LogP contribution in [-0.2, 0) is 0 Å². The van der Waals surface area contributed by atoms with Gasteiger partial charge in [-0.15, -0.1) is 0 Å². The molecule has 0 spiro atoms. The number of imidazole rings is 1. The summed E-state index contributed by atoms with van der Waals surface area (Å²) in [6.07, 6.45) is 7.26. The summed E-state index contributed by atoms with van der Waals surface area (Å²) >= 11 is 0. The van der Waals surface area contributed by atoms with Gasteiger partial charge in [0.1, 0.15) is 6.33 Å². The molecule has 0 aliphatic carbocycles. The lowest BCUT2D eigenvalue weighted by Gasteiger charge is -1.97. The molecule has 12 heavy (non-hydrogen) atoms. The highest BCUT2D eigenvalue weighted by Gasteiger charge is 1.97. The van der Waals surface area contributed by atoms with E-state index in [4.69, 9.17) is 0 Å². The Balaban J connectivity index is 2.50. The van der Waals surface area contributed by atoms with Crippen LogP contribution in [0, 0.1) is 0 Å². The predicted molar refractivity (Wildman–Crippen MR) is 44.8 cm³/mol. The number of hydrogen-bond acceptors (Lipinski definition) is 3. The minimum absolute atomic E-state index is 0.285. The molecule has 1 N–H and O–H groups in total. The van der Waals surface area contributed by atoms with Crippen LogP contribution in [0.4, 0.5) is 4.79 Å². The Labute approximate surface area is 69.4 Å². The first-order valence-corrected chi connectivity index (χ1v) is 3.24. The number of hydrogen-bond donors (Lipinski definition) is 1. The number of carbonyl (C=O) groups excluding carboxylic acids is 1. The first-order valence-electron chi connectivity index (χ1n) is 3.24. The molecule has 0 atom stereocenters. The van der Waals surface area contributed by atoms with Crippen molar-refractivity contribution in [2.24, 2.45) is 4.99 Å². The van der Waals surface area contributed by atoms with E-state index in [0.717, 1.165) is 0 Å². The zero-order valence-corrected chi connectivity index (χ0v) is 6.34. The van der Waals surface area contributed by atoms with Gasteiger partial charge in [-0.1, -0.05) is 0 Å². The van der Waals surface area contributed by atoms with Crippen LogP contribution in [0.2, 0.25) is 0 Å². The summed E-state index contributed by atoms with van der Waals surface area (Å²) in [6, 6.07) is -0.285. The molecule has 1 heterocycles. The summed E-state index contributed by atoms with van der Waals surface area (Å²) in [4.78, 5) is 18.2. The molecule has 0 fully saturated rings. The maximum Gasteiger partial charge on any atom is 0.330 e. The fourth-order valence-corrected chi connectivity index (χ4v) is 0.615. The number of rotatable bonds is 2. The first kappa shape index (κ1) is 8.19. The van der Waals surface area contributed by atoms with Crippen LogP contribution in [0.15, 0.2) is 36.1 Å². The van der Waals surface area contributed by atoms with E-state index in [1.54, 1.807) is 6.20 Å².